The minimum Gasteiger partial charge on any atom is -0.486 e. The van der Waals surface area contributed by atoms with Crippen molar-refractivity contribution in [1.29, 1.82) is 0 Å². The molecule has 26 heavy (non-hydrogen) atoms. The van der Waals surface area contributed by atoms with Crippen LogP contribution >= 0.6 is 22.9 Å². The first-order valence-electron chi connectivity index (χ1n) is 8.22. The van der Waals surface area contributed by atoms with Crippen molar-refractivity contribution in [3.05, 3.63) is 63.7 Å². The summed E-state index contributed by atoms with van der Waals surface area (Å²) in [6, 6.07) is 5.82. The van der Waals surface area contributed by atoms with Crippen molar-refractivity contribution in [3.8, 4) is 17.0 Å². The molecule has 132 valence electrons. The Kier molecular flexibility index (Phi) is 4.86. The van der Waals surface area contributed by atoms with Crippen LogP contribution in [0.3, 0.4) is 0 Å². The Balaban J connectivity index is 1.41. The standard InChI is InChI=1S/C19H16ClN3O2S/c20-16-8-13(17-10-21-2-3-22-17)6-14-7-15(25-19(14)16)9-23-18(24)5-12-1-4-26-11-12/h1-4,6,8,10-11,15H,5,7,9H2,(H,23,24)/t15-/m0/s1. The first-order valence-corrected chi connectivity index (χ1v) is 9.54. The highest BCUT2D eigenvalue weighted by Gasteiger charge is 2.26. The van der Waals surface area contributed by atoms with Gasteiger partial charge in [-0.15, -0.1) is 0 Å². The quantitative estimate of drug-likeness (QED) is 0.729. The van der Waals surface area contributed by atoms with Crippen molar-refractivity contribution in [2.45, 2.75) is 18.9 Å². The predicted molar refractivity (Wildman–Crippen MR) is 102 cm³/mol. The number of aromatic nitrogens is 2. The molecule has 0 bridgehead atoms. The van der Waals surface area contributed by atoms with Crippen molar-refractivity contribution in [1.82, 2.24) is 15.3 Å². The average Bonchev–Trinajstić information content (AvgIpc) is 3.30. The monoisotopic (exact) mass is 385 g/mol. The number of nitrogens with zero attached hydrogens (tertiary/aromatic N) is 2. The molecule has 3 aromatic rings. The van der Waals surface area contributed by atoms with Crippen LogP contribution in [0.5, 0.6) is 5.75 Å². The second-order valence-corrected chi connectivity index (χ2v) is 7.28. The van der Waals surface area contributed by atoms with Gasteiger partial charge >= 0.3 is 0 Å². The van der Waals surface area contributed by atoms with Gasteiger partial charge in [-0.2, -0.15) is 11.3 Å². The number of thiophene rings is 1. The average molecular weight is 386 g/mol. The molecule has 0 unspecified atom stereocenters. The molecular weight excluding hydrogens is 370 g/mol. The number of hydrogen-bond acceptors (Lipinski definition) is 5. The van der Waals surface area contributed by atoms with Crippen LogP contribution < -0.4 is 10.1 Å². The number of nitrogens with one attached hydrogen (secondary N) is 1. The summed E-state index contributed by atoms with van der Waals surface area (Å²) in [6.45, 7) is 0.453. The fraction of sp³-hybridized carbons (Fsp3) is 0.211. The molecule has 1 aliphatic heterocycles. The number of fused-ring (bicyclic) bond motifs is 1. The van der Waals surface area contributed by atoms with Gasteiger partial charge in [0.05, 0.1) is 29.9 Å². The van der Waals surface area contributed by atoms with Gasteiger partial charge in [0.15, 0.2) is 0 Å². The Bertz CT molecular complexity index is 916. The Hall–Kier alpha value is -2.44. The van der Waals surface area contributed by atoms with Crippen molar-refractivity contribution < 1.29 is 9.53 Å². The maximum atomic E-state index is 12.0. The van der Waals surface area contributed by atoms with Gasteiger partial charge in [-0.05, 0) is 34.5 Å². The summed E-state index contributed by atoms with van der Waals surface area (Å²) < 4.78 is 5.93. The molecule has 7 heteroatoms. The first kappa shape index (κ1) is 17.0. The highest BCUT2D eigenvalue weighted by atomic mass is 35.5. The van der Waals surface area contributed by atoms with E-state index in [9.17, 15) is 4.79 Å². The molecule has 0 radical (unpaired) electrons. The van der Waals surface area contributed by atoms with E-state index in [1.54, 1.807) is 29.9 Å². The molecule has 1 aromatic carbocycles. The fourth-order valence-electron chi connectivity index (χ4n) is 2.97. The van der Waals surface area contributed by atoms with Crippen LogP contribution in [0.1, 0.15) is 11.1 Å². The van der Waals surface area contributed by atoms with E-state index < -0.39 is 0 Å². The largest absolute Gasteiger partial charge is 0.486 e. The molecule has 0 aliphatic carbocycles. The zero-order valence-electron chi connectivity index (χ0n) is 13.8. The highest BCUT2D eigenvalue weighted by molar-refractivity contribution is 7.08. The summed E-state index contributed by atoms with van der Waals surface area (Å²) >= 11 is 7.98. The molecule has 0 fully saturated rings. The summed E-state index contributed by atoms with van der Waals surface area (Å²) in [5, 5.41) is 7.44. The van der Waals surface area contributed by atoms with E-state index in [2.05, 4.69) is 15.3 Å². The molecule has 1 atom stereocenters. The Morgan fingerprint density at radius 2 is 2.31 bits per heavy atom. The molecule has 2 aromatic heterocycles. The molecule has 0 saturated carbocycles. The normalized spacial score (nSPS) is 15.3. The molecular formula is C19H16ClN3O2S. The highest BCUT2D eigenvalue weighted by Crippen LogP contribution is 2.39. The number of halogens is 1. The first-order chi connectivity index (χ1) is 12.7. The molecule has 5 nitrogen and oxygen atoms in total. The van der Waals surface area contributed by atoms with Gasteiger partial charge in [0.1, 0.15) is 11.9 Å². The van der Waals surface area contributed by atoms with Gasteiger partial charge in [-0.1, -0.05) is 11.6 Å². The number of carbonyl (C=O) groups excluding carboxylic acids is 1. The van der Waals surface area contributed by atoms with Gasteiger partial charge in [0, 0.05) is 29.9 Å². The van der Waals surface area contributed by atoms with E-state index in [0.717, 1.165) is 22.4 Å². The van der Waals surface area contributed by atoms with E-state index in [0.29, 0.717) is 30.2 Å². The van der Waals surface area contributed by atoms with Crippen LogP contribution in [0.15, 0.2) is 47.5 Å². The fourth-order valence-corrected chi connectivity index (χ4v) is 3.92. The summed E-state index contributed by atoms with van der Waals surface area (Å²) in [6.07, 6.45) is 5.96. The van der Waals surface area contributed by atoms with Crippen molar-refractivity contribution >= 4 is 28.8 Å². The molecule has 3 heterocycles. The topological polar surface area (TPSA) is 64.1 Å². The maximum Gasteiger partial charge on any atom is 0.224 e. The zero-order chi connectivity index (χ0) is 17.9. The Morgan fingerprint density at radius 1 is 1.38 bits per heavy atom. The number of carbonyl (C=O) groups is 1. The molecule has 0 saturated heterocycles. The predicted octanol–water partition coefficient (Wildman–Crippen LogP) is 3.52. The third-order valence-electron chi connectivity index (χ3n) is 4.18. The van der Waals surface area contributed by atoms with E-state index in [1.165, 1.54) is 0 Å². The van der Waals surface area contributed by atoms with Gasteiger partial charge in [0.2, 0.25) is 5.91 Å². The second kappa shape index (κ2) is 7.43. The maximum absolute atomic E-state index is 12.0. The summed E-state index contributed by atoms with van der Waals surface area (Å²) in [5.74, 6) is 0.686. The summed E-state index contributed by atoms with van der Waals surface area (Å²) in [7, 11) is 0. The zero-order valence-corrected chi connectivity index (χ0v) is 15.4. The second-order valence-electron chi connectivity index (χ2n) is 6.09. The molecule has 1 amide bonds. The SMILES string of the molecule is O=C(Cc1ccsc1)NC[C@@H]1Cc2cc(-c3cnccn3)cc(Cl)c2O1. The van der Waals surface area contributed by atoms with E-state index in [1.807, 2.05) is 29.0 Å². The summed E-state index contributed by atoms with van der Waals surface area (Å²) in [4.78, 5) is 20.4. The number of rotatable bonds is 5. The van der Waals surface area contributed by atoms with Gasteiger partial charge < -0.3 is 10.1 Å². The van der Waals surface area contributed by atoms with Crippen molar-refractivity contribution in [2.75, 3.05) is 6.54 Å². The number of hydrogen-bond donors (Lipinski definition) is 1. The van der Waals surface area contributed by atoms with E-state index in [4.69, 9.17) is 16.3 Å². The summed E-state index contributed by atoms with van der Waals surface area (Å²) in [5.41, 5.74) is 3.73. The lowest BCUT2D eigenvalue weighted by molar-refractivity contribution is -0.120. The van der Waals surface area contributed by atoms with Crippen LogP contribution in [0, 0.1) is 0 Å². The van der Waals surface area contributed by atoms with Crippen LogP contribution in [0.25, 0.3) is 11.3 Å². The van der Waals surface area contributed by atoms with Crippen LogP contribution in [-0.4, -0.2) is 28.5 Å². The van der Waals surface area contributed by atoms with Gasteiger partial charge in [-0.25, -0.2) is 0 Å². The van der Waals surface area contributed by atoms with E-state index >= 15 is 0 Å². The van der Waals surface area contributed by atoms with E-state index in [-0.39, 0.29) is 12.0 Å². The van der Waals surface area contributed by atoms with Crippen LogP contribution in [-0.2, 0) is 17.6 Å². The van der Waals surface area contributed by atoms with Gasteiger partial charge in [0.25, 0.3) is 0 Å². The minimum atomic E-state index is -0.119. The lowest BCUT2D eigenvalue weighted by atomic mass is 10.0. The van der Waals surface area contributed by atoms with Crippen molar-refractivity contribution in [2.24, 2.45) is 0 Å². The minimum absolute atomic E-state index is 0.00528. The Labute approximate surface area is 160 Å². The lowest BCUT2D eigenvalue weighted by Gasteiger charge is -2.12. The Morgan fingerprint density at radius 3 is 3.08 bits per heavy atom. The molecule has 0 spiro atoms. The number of benzene rings is 1. The third kappa shape index (κ3) is 3.71. The third-order valence-corrected chi connectivity index (χ3v) is 5.20. The van der Waals surface area contributed by atoms with Crippen LogP contribution in [0.4, 0.5) is 0 Å². The smallest absolute Gasteiger partial charge is 0.224 e. The van der Waals surface area contributed by atoms with Crippen molar-refractivity contribution in [3.63, 3.8) is 0 Å². The molecule has 1 aliphatic rings. The molecule has 4 rings (SSSR count). The molecule has 1 N–H and O–H groups in total. The number of ether oxygens (including phenoxy) is 1. The van der Waals surface area contributed by atoms with Gasteiger partial charge in [-0.3, -0.25) is 14.8 Å². The number of amides is 1. The lowest BCUT2D eigenvalue weighted by Crippen LogP contribution is -2.35. The van der Waals surface area contributed by atoms with Crippen LogP contribution in [0.2, 0.25) is 5.02 Å².